The molecule has 1 aromatic heterocycles. The number of nitrogens with zero attached hydrogens (tertiary/aromatic N) is 1. The molecule has 4 nitrogen and oxygen atoms in total. The third-order valence-corrected chi connectivity index (χ3v) is 4.94. The van der Waals surface area contributed by atoms with E-state index < -0.39 is 11.5 Å². The SMILES string of the molecule is CCN(C(=O)c1cc2c(s1)CCC2)C(C)(C)C(=O)O. The van der Waals surface area contributed by atoms with E-state index >= 15 is 0 Å². The summed E-state index contributed by atoms with van der Waals surface area (Å²) in [5, 5.41) is 9.27. The van der Waals surface area contributed by atoms with Gasteiger partial charge in [-0.25, -0.2) is 4.79 Å². The van der Waals surface area contributed by atoms with Crippen LogP contribution in [0, 0.1) is 0 Å². The number of hydrogen-bond acceptors (Lipinski definition) is 3. The van der Waals surface area contributed by atoms with Crippen LogP contribution in [0.25, 0.3) is 0 Å². The molecule has 0 spiro atoms. The average molecular weight is 281 g/mol. The first-order chi connectivity index (χ1) is 8.87. The molecule has 0 bridgehead atoms. The van der Waals surface area contributed by atoms with E-state index in [1.807, 2.05) is 13.0 Å². The zero-order valence-electron chi connectivity index (χ0n) is 11.5. The van der Waals surface area contributed by atoms with Crippen molar-refractivity contribution in [2.45, 2.75) is 45.6 Å². The summed E-state index contributed by atoms with van der Waals surface area (Å²) in [6.07, 6.45) is 3.24. The molecule has 0 aliphatic heterocycles. The lowest BCUT2D eigenvalue weighted by molar-refractivity contribution is -0.147. The minimum Gasteiger partial charge on any atom is -0.480 e. The lowest BCUT2D eigenvalue weighted by Crippen LogP contribution is -2.52. The minimum absolute atomic E-state index is 0.172. The topological polar surface area (TPSA) is 57.6 Å². The van der Waals surface area contributed by atoms with Crippen molar-refractivity contribution < 1.29 is 14.7 Å². The number of carboxylic acids is 1. The number of fused-ring (bicyclic) bond motifs is 1. The van der Waals surface area contributed by atoms with Gasteiger partial charge in [0.05, 0.1) is 4.88 Å². The molecule has 0 saturated heterocycles. The van der Waals surface area contributed by atoms with Crippen LogP contribution in [0.2, 0.25) is 0 Å². The number of likely N-dealkylation sites (N-methyl/N-ethyl adjacent to an activating group) is 1. The Morgan fingerprint density at radius 3 is 2.63 bits per heavy atom. The molecule has 0 radical (unpaired) electrons. The lowest BCUT2D eigenvalue weighted by atomic mass is 10.0. The third-order valence-electron chi connectivity index (χ3n) is 3.72. The van der Waals surface area contributed by atoms with Crippen molar-refractivity contribution >= 4 is 23.2 Å². The predicted molar refractivity (Wildman–Crippen MR) is 74.8 cm³/mol. The van der Waals surface area contributed by atoms with Crippen molar-refractivity contribution in [2.75, 3.05) is 6.54 Å². The van der Waals surface area contributed by atoms with E-state index in [1.165, 1.54) is 26.7 Å². The van der Waals surface area contributed by atoms with E-state index in [2.05, 4.69) is 0 Å². The van der Waals surface area contributed by atoms with Crippen LogP contribution < -0.4 is 0 Å². The highest BCUT2D eigenvalue weighted by Gasteiger charge is 2.38. The van der Waals surface area contributed by atoms with Gasteiger partial charge < -0.3 is 10.0 Å². The van der Waals surface area contributed by atoms with Crippen molar-refractivity contribution in [1.82, 2.24) is 4.90 Å². The first-order valence-corrected chi connectivity index (χ1v) is 7.36. The zero-order valence-corrected chi connectivity index (χ0v) is 12.3. The average Bonchev–Trinajstić information content (AvgIpc) is 2.88. The molecular formula is C14H19NO3S. The second-order valence-corrected chi connectivity index (χ2v) is 6.46. The Hall–Kier alpha value is -1.36. The highest BCUT2D eigenvalue weighted by atomic mass is 32.1. The van der Waals surface area contributed by atoms with Gasteiger partial charge in [-0.1, -0.05) is 0 Å². The molecule has 19 heavy (non-hydrogen) atoms. The van der Waals surface area contributed by atoms with Gasteiger partial charge in [0.1, 0.15) is 5.54 Å². The molecule has 1 heterocycles. The van der Waals surface area contributed by atoms with Gasteiger partial charge in [0.2, 0.25) is 0 Å². The number of aryl methyl sites for hydroxylation is 2. The third kappa shape index (κ3) is 2.39. The van der Waals surface area contributed by atoms with Crippen LogP contribution in [0.5, 0.6) is 0 Å². The monoisotopic (exact) mass is 281 g/mol. The molecule has 1 aliphatic rings. The lowest BCUT2D eigenvalue weighted by Gasteiger charge is -2.33. The van der Waals surface area contributed by atoms with Crippen molar-refractivity contribution in [1.29, 1.82) is 0 Å². The molecule has 0 atom stereocenters. The fraction of sp³-hybridized carbons (Fsp3) is 0.571. The number of carbonyl (C=O) groups is 2. The van der Waals surface area contributed by atoms with Gasteiger partial charge in [-0.05, 0) is 51.7 Å². The smallest absolute Gasteiger partial charge is 0.329 e. The molecule has 104 valence electrons. The minimum atomic E-state index is -1.18. The summed E-state index contributed by atoms with van der Waals surface area (Å²) < 4.78 is 0. The van der Waals surface area contributed by atoms with Crippen LogP contribution in [0.4, 0.5) is 0 Å². The summed E-state index contributed by atoms with van der Waals surface area (Å²) in [4.78, 5) is 27.2. The molecular weight excluding hydrogens is 262 g/mol. The molecule has 0 unspecified atom stereocenters. The van der Waals surface area contributed by atoms with E-state index in [1.54, 1.807) is 13.8 Å². The van der Waals surface area contributed by atoms with Crippen molar-refractivity contribution in [3.63, 3.8) is 0 Å². The first kappa shape index (κ1) is 14.1. The number of rotatable bonds is 4. The zero-order chi connectivity index (χ0) is 14.2. The quantitative estimate of drug-likeness (QED) is 0.922. The summed E-state index contributed by atoms with van der Waals surface area (Å²) in [5.41, 5.74) is 0.0813. The fourth-order valence-electron chi connectivity index (χ4n) is 2.48. The second kappa shape index (κ2) is 4.96. The number of carbonyl (C=O) groups excluding carboxylic acids is 1. The van der Waals surface area contributed by atoms with Crippen LogP contribution in [0.1, 0.15) is 47.3 Å². The normalized spacial score (nSPS) is 14.3. The Bertz CT molecular complexity index is 497. The van der Waals surface area contributed by atoms with Gasteiger partial charge in [-0.2, -0.15) is 0 Å². The van der Waals surface area contributed by atoms with Crippen molar-refractivity contribution in [3.8, 4) is 0 Å². The molecule has 1 N–H and O–H groups in total. The number of hydrogen-bond donors (Lipinski definition) is 1. The Morgan fingerprint density at radius 2 is 2.11 bits per heavy atom. The molecule has 1 aromatic rings. The Balaban J connectivity index is 2.28. The van der Waals surface area contributed by atoms with Crippen molar-refractivity contribution in [3.05, 3.63) is 21.4 Å². The maximum atomic E-state index is 12.5. The number of amides is 1. The van der Waals surface area contributed by atoms with Gasteiger partial charge in [0.15, 0.2) is 0 Å². The predicted octanol–water partition coefficient (Wildman–Crippen LogP) is 2.56. The number of thiophene rings is 1. The van der Waals surface area contributed by atoms with E-state index in [0.29, 0.717) is 11.4 Å². The molecule has 1 aliphatic carbocycles. The van der Waals surface area contributed by atoms with E-state index in [0.717, 1.165) is 19.3 Å². The van der Waals surface area contributed by atoms with E-state index in [-0.39, 0.29) is 5.91 Å². The molecule has 5 heteroatoms. The molecule has 2 rings (SSSR count). The van der Waals surface area contributed by atoms with Gasteiger partial charge in [-0.15, -0.1) is 11.3 Å². The number of aliphatic carboxylic acids is 1. The molecule has 0 fully saturated rings. The van der Waals surface area contributed by atoms with Crippen LogP contribution in [0.3, 0.4) is 0 Å². The van der Waals surface area contributed by atoms with E-state index in [9.17, 15) is 14.7 Å². The summed E-state index contributed by atoms with van der Waals surface area (Å²) in [6.45, 7) is 5.33. The van der Waals surface area contributed by atoms with E-state index in [4.69, 9.17) is 0 Å². The van der Waals surface area contributed by atoms with Crippen molar-refractivity contribution in [2.24, 2.45) is 0 Å². The summed E-state index contributed by atoms with van der Waals surface area (Å²) in [6, 6.07) is 1.94. The van der Waals surface area contributed by atoms with Gasteiger partial charge >= 0.3 is 5.97 Å². The maximum Gasteiger partial charge on any atom is 0.329 e. The largest absolute Gasteiger partial charge is 0.480 e. The maximum absolute atomic E-state index is 12.5. The molecule has 1 amide bonds. The number of carboxylic acid groups (broad SMARTS) is 1. The highest BCUT2D eigenvalue weighted by molar-refractivity contribution is 7.14. The van der Waals surface area contributed by atoms with Gasteiger partial charge in [-0.3, -0.25) is 4.79 Å². The first-order valence-electron chi connectivity index (χ1n) is 6.55. The van der Waals surface area contributed by atoms with Gasteiger partial charge in [0.25, 0.3) is 5.91 Å². The van der Waals surface area contributed by atoms with Crippen LogP contribution in [0.15, 0.2) is 6.07 Å². The summed E-state index contributed by atoms with van der Waals surface area (Å²) >= 11 is 1.52. The molecule has 0 aromatic carbocycles. The van der Waals surface area contributed by atoms with Crippen LogP contribution in [-0.4, -0.2) is 34.0 Å². The standard InChI is InChI=1S/C14H19NO3S/c1-4-15(14(2,3)13(17)18)12(16)11-8-9-6-5-7-10(9)19-11/h8H,4-7H2,1-3H3,(H,17,18). The van der Waals surface area contributed by atoms with Crippen LogP contribution in [-0.2, 0) is 17.6 Å². The Kier molecular flexibility index (Phi) is 3.67. The Morgan fingerprint density at radius 1 is 1.42 bits per heavy atom. The second-order valence-electron chi connectivity index (χ2n) is 5.33. The molecule has 0 saturated carbocycles. The van der Waals surface area contributed by atoms with Gasteiger partial charge in [0, 0.05) is 11.4 Å². The van der Waals surface area contributed by atoms with Crippen LogP contribution >= 0.6 is 11.3 Å². The Labute approximate surface area is 117 Å². The summed E-state index contributed by atoms with van der Waals surface area (Å²) in [5.74, 6) is -1.15. The summed E-state index contributed by atoms with van der Waals surface area (Å²) in [7, 11) is 0. The fourth-order valence-corrected chi connectivity index (χ4v) is 3.68. The highest BCUT2D eigenvalue weighted by Crippen LogP contribution is 2.32.